The molecule has 10 heteroatoms. The molecule has 0 spiro atoms. The maximum absolute atomic E-state index is 14.6. The number of hydrogen-bond donors (Lipinski definition) is 1. The normalized spacial score (nSPS) is 22.3. The molecule has 2 aromatic rings. The molecule has 0 radical (unpaired) electrons. The van der Waals surface area contributed by atoms with Crippen LogP contribution in [-0.2, 0) is 28.7 Å². The Kier molecular flexibility index (Phi) is 13.5. The van der Waals surface area contributed by atoms with Gasteiger partial charge in [0, 0.05) is 30.3 Å². The van der Waals surface area contributed by atoms with E-state index in [1.165, 1.54) is 57.8 Å². The van der Waals surface area contributed by atoms with E-state index in [-0.39, 0.29) is 25.2 Å². The van der Waals surface area contributed by atoms with E-state index in [1.807, 2.05) is 44.2 Å². The molecule has 3 heterocycles. The van der Waals surface area contributed by atoms with Gasteiger partial charge in [0.05, 0.1) is 12.1 Å². The van der Waals surface area contributed by atoms with Gasteiger partial charge in [0.15, 0.2) is 6.67 Å². The van der Waals surface area contributed by atoms with Crippen molar-refractivity contribution in [2.24, 2.45) is 11.1 Å². The summed E-state index contributed by atoms with van der Waals surface area (Å²) in [6.07, 6.45) is 16.8. The van der Waals surface area contributed by atoms with Crippen LogP contribution < -0.4 is 5.32 Å². The fourth-order valence-electron chi connectivity index (χ4n) is 6.46. The van der Waals surface area contributed by atoms with Crippen molar-refractivity contribution in [2.45, 2.75) is 141 Å². The van der Waals surface area contributed by atoms with Crippen LogP contribution in [0.25, 0.3) is 10.8 Å². The highest BCUT2D eigenvalue weighted by atomic mass is 19.1. The minimum absolute atomic E-state index is 0.0754. The smallest absolute Gasteiger partial charge is 0.311 e. The number of hydrogen-bond acceptors (Lipinski definition) is 8. The number of unbranched alkanes of at least 4 members (excludes halogenated alkanes) is 12. The van der Waals surface area contributed by atoms with Crippen LogP contribution in [0.5, 0.6) is 0 Å². The van der Waals surface area contributed by atoms with E-state index in [4.69, 9.17) is 14.3 Å². The Labute approximate surface area is 278 Å². The van der Waals surface area contributed by atoms with E-state index in [1.54, 1.807) is 6.20 Å². The lowest BCUT2D eigenvalue weighted by atomic mass is 9.83. The van der Waals surface area contributed by atoms with Gasteiger partial charge in [0.2, 0.25) is 5.60 Å². The van der Waals surface area contributed by atoms with Crippen molar-refractivity contribution >= 4 is 34.3 Å². The predicted molar refractivity (Wildman–Crippen MR) is 179 cm³/mol. The van der Waals surface area contributed by atoms with Crippen LogP contribution in [0.2, 0.25) is 0 Å². The zero-order chi connectivity index (χ0) is 33.7. The lowest BCUT2D eigenvalue weighted by Gasteiger charge is -2.34. The molecule has 1 saturated heterocycles. The largest absolute Gasteiger partial charge is 0.417 e. The van der Waals surface area contributed by atoms with Gasteiger partial charge in [-0.25, -0.2) is 4.39 Å². The van der Waals surface area contributed by atoms with E-state index in [0.717, 1.165) is 30.0 Å². The number of nitrogens with one attached hydrogen (secondary N) is 1. The molecule has 0 saturated carbocycles. The number of nitrogens with zero attached hydrogens (tertiary/aromatic N) is 2. The van der Waals surface area contributed by atoms with Crippen molar-refractivity contribution < 1.29 is 33.1 Å². The number of ether oxygens (including phenoxy) is 2. The first-order chi connectivity index (χ1) is 22.7. The van der Waals surface area contributed by atoms with Gasteiger partial charge in [-0.15, -0.1) is 0 Å². The van der Waals surface area contributed by atoms with Crippen LogP contribution >= 0.6 is 0 Å². The van der Waals surface area contributed by atoms with Gasteiger partial charge in [0.25, 0.3) is 5.91 Å². The summed E-state index contributed by atoms with van der Waals surface area (Å²) in [7, 11) is 0. The van der Waals surface area contributed by atoms with E-state index in [0.29, 0.717) is 17.8 Å². The Bertz CT molecular complexity index is 1380. The second-order valence-corrected chi connectivity index (χ2v) is 13.3. The summed E-state index contributed by atoms with van der Waals surface area (Å²) in [6, 6.07) is 8.40. The molecule has 1 N–H and O–H groups in total. The van der Waals surface area contributed by atoms with Crippen molar-refractivity contribution in [3.05, 3.63) is 42.2 Å². The van der Waals surface area contributed by atoms with Crippen LogP contribution in [0.3, 0.4) is 0 Å². The Hall–Kier alpha value is -3.56. The fourth-order valence-corrected chi connectivity index (χ4v) is 6.46. The molecule has 0 aliphatic carbocycles. The summed E-state index contributed by atoms with van der Waals surface area (Å²) in [4.78, 5) is 49.4. The summed E-state index contributed by atoms with van der Waals surface area (Å²) in [5.74, 6) is -4.60. The van der Waals surface area contributed by atoms with Crippen molar-refractivity contribution in [3.8, 4) is 0 Å². The zero-order valence-corrected chi connectivity index (χ0v) is 28.4. The number of carbonyl (C=O) groups is 3. The van der Waals surface area contributed by atoms with E-state index in [2.05, 4.69) is 22.4 Å². The van der Waals surface area contributed by atoms with Gasteiger partial charge >= 0.3 is 17.7 Å². The lowest BCUT2D eigenvalue weighted by Crippen LogP contribution is -2.60. The van der Waals surface area contributed by atoms with E-state index >= 15 is 0 Å². The number of halogens is 1. The monoisotopic (exact) mass is 653 g/mol. The molecule has 4 rings (SSSR count). The molecular formula is C37H52FN3O6. The lowest BCUT2D eigenvalue weighted by molar-refractivity contribution is -0.226. The molecule has 1 fully saturated rings. The number of carbonyl (C=O) groups excluding carboxylic acids is 3. The second-order valence-electron chi connectivity index (χ2n) is 13.3. The first kappa shape index (κ1) is 36.3. The van der Waals surface area contributed by atoms with Gasteiger partial charge < -0.3 is 19.6 Å². The highest BCUT2D eigenvalue weighted by Gasteiger charge is 2.57. The third-order valence-electron chi connectivity index (χ3n) is 9.46. The minimum atomic E-state index is -2.22. The average molecular weight is 654 g/mol. The number of oxime groups is 1. The van der Waals surface area contributed by atoms with Crippen LogP contribution in [0.1, 0.15) is 129 Å². The summed E-state index contributed by atoms with van der Waals surface area (Å²) < 4.78 is 25.3. The van der Waals surface area contributed by atoms with Crippen LogP contribution in [0.15, 0.2) is 41.7 Å². The summed E-state index contributed by atoms with van der Waals surface area (Å²) >= 11 is 0. The first-order valence-corrected chi connectivity index (χ1v) is 17.6. The fraction of sp³-hybridized carbons (Fsp3) is 0.649. The molecule has 1 amide bonds. The van der Waals surface area contributed by atoms with E-state index < -0.39 is 42.0 Å². The van der Waals surface area contributed by atoms with Crippen LogP contribution in [0, 0.1) is 5.92 Å². The SMILES string of the molecule is CCCCCCCCCCCCCCCC(=O)O[C@]1(CF)OC(=O)C[C@@H]1NC(=O)[C@]1(C(C)C)CC(c2nccc3ccccc23)=NO1. The summed E-state index contributed by atoms with van der Waals surface area (Å²) in [5.41, 5.74) is -0.330. The van der Waals surface area contributed by atoms with Crippen LogP contribution in [-0.4, -0.2) is 52.6 Å². The Morgan fingerprint density at radius 1 is 0.979 bits per heavy atom. The number of amides is 1. The molecule has 0 unspecified atom stereocenters. The highest BCUT2D eigenvalue weighted by Crippen LogP contribution is 2.37. The van der Waals surface area contributed by atoms with Crippen molar-refractivity contribution in [2.75, 3.05) is 6.67 Å². The minimum Gasteiger partial charge on any atom is -0.417 e. The Morgan fingerprint density at radius 2 is 1.62 bits per heavy atom. The molecule has 2 aliphatic heterocycles. The number of fused-ring (bicyclic) bond motifs is 1. The van der Waals surface area contributed by atoms with Gasteiger partial charge in [-0.05, 0) is 17.9 Å². The Morgan fingerprint density at radius 3 is 2.26 bits per heavy atom. The van der Waals surface area contributed by atoms with Gasteiger partial charge in [-0.2, -0.15) is 0 Å². The number of esters is 2. The molecule has 47 heavy (non-hydrogen) atoms. The van der Waals surface area contributed by atoms with Crippen LogP contribution in [0.4, 0.5) is 4.39 Å². The standard InChI is InChI=1S/C37H52FN3O6/c1-4-5-6-7-8-9-10-11-12-13-14-15-16-21-32(42)45-37(26-38)31(24-33(43)46-37)40-35(44)36(27(2)3)25-30(41-47-36)34-29-20-18-17-19-28(29)22-23-39-34/h17-20,22-23,27,31H,4-16,21,24-26H2,1-3H3,(H,40,44)/t31-,36+,37+/m0/s1. The molecule has 1 aromatic carbocycles. The molecule has 1 aromatic heterocycles. The molecule has 9 nitrogen and oxygen atoms in total. The number of cyclic esters (lactones) is 1. The second kappa shape index (κ2) is 17.6. The van der Waals surface area contributed by atoms with E-state index in [9.17, 15) is 18.8 Å². The Balaban J connectivity index is 1.26. The number of benzene rings is 1. The summed E-state index contributed by atoms with van der Waals surface area (Å²) in [5, 5.41) is 8.84. The quantitative estimate of drug-likeness (QED) is 0.114. The van der Waals surface area contributed by atoms with Gasteiger partial charge in [-0.1, -0.05) is 127 Å². The zero-order valence-electron chi connectivity index (χ0n) is 28.4. The predicted octanol–water partition coefficient (Wildman–Crippen LogP) is 7.88. The molecule has 0 bridgehead atoms. The highest BCUT2D eigenvalue weighted by molar-refractivity contribution is 6.11. The maximum atomic E-state index is 14.6. The number of alkyl halides is 1. The molecule has 2 aliphatic rings. The third-order valence-corrected chi connectivity index (χ3v) is 9.46. The molecule has 258 valence electrons. The third kappa shape index (κ3) is 9.29. The van der Waals surface area contributed by atoms with Gasteiger partial charge in [-0.3, -0.25) is 19.4 Å². The first-order valence-electron chi connectivity index (χ1n) is 17.6. The topological polar surface area (TPSA) is 116 Å². The van der Waals surface area contributed by atoms with Crippen molar-refractivity contribution in [1.82, 2.24) is 10.3 Å². The van der Waals surface area contributed by atoms with Gasteiger partial charge in [0.1, 0.15) is 11.8 Å². The number of aromatic nitrogens is 1. The average Bonchev–Trinajstić information content (AvgIpc) is 3.65. The van der Waals surface area contributed by atoms with Crippen molar-refractivity contribution in [3.63, 3.8) is 0 Å². The molecule has 3 atom stereocenters. The number of rotatable bonds is 20. The maximum Gasteiger partial charge on any atom is 0.311 e. The van der Waals surface area contributed by atoms with Crippen molar-refractivity contribution in [1.29, 1.82) is 0 Å². The number of pyridine rings is 1. The summed E-state index contributed by atoms with van der Waals surface area (Å²) in [6.45, 7) is 4.59. The molecular weight excluding hydrogens is 601 g/mol.